The predicted molar refractivity (Wildman–Crippen MR) is 104 cm³/mol. The normalized spacial score (nSPS) is 13.8. The number of thiophene rings is 1. The van der Waals surface area contributed by atoms with Crippen molar-refractivity contribution in [1.29, 1.82) is 5.26 Å². The van der Waals surface area contributed by atoms with Crippen molar-refractivity contribution in [1.82, 2.24) is 0 Å². The van der Waals surface area contributed by atoms with Crippen molar-refractivity contribution < 1.29 is 14.5 Å². The maximum atomic E-state index is 12.1. The second-order valence-electron chi connectivity index (χ2n) is 7.33. The number of nitriles is 1. The summed E-state index contributed by atoms with van der Waals surface area (Å²) in [4.78, 5) is 16.7. The standard InChI is InChI=1S/C20H22N2O2S2/c1-20(2,3)24-17(23)12-26-19-14(11-21)18(16-9-6-10-25-16)13-7-4-5-8-15(13)22-19/h6,9-10H,4-5,7-8,12H2,1-3H3/p+1. The van der Waals surface area contributed by atoms with Crippen molar-refractivity contribution in [3.63, 3.8) is 0 Å². The van der Waals surface area contributed by atoms with E-state index < -0.39 is 5.60 Å². The Hall–Kier alpha value is -1.84. The van der Waals surface area contributed by atoms with Crippen molar-refractivity contribution >= 4 is 29.1 Å². The van der Waals surface area contributed by atoms with E-state index >= 15 is 0 Å². The molecule has 1 aliphatic rings. The van der Waals surface area contributed by atoms with E-state index in [4.69, 9.17) is 4.74 Å². The summed E-state index contributed by atoms with van der Waals surface area (Å²) < 4.78 is 5.39. The number of thioether (sulfide) groups is 1. The van der Waals surface area contributed by atoms with E-state index in [0.717, 1.165) is 41.1 Å². The zero-order chi connectivity index (χ0) is 18.7. The number of nitrogens with zero attached hydrogens (tertiary/aromatic N) is 1. The van der Waals surface area contributed by atoms with Crippen molar-refractivity contribution in [3.8, 4) is 16.5 Å². The molecule has 0 aliphatic heterocycles. The lowest BCUT2D eigenvalue weighted by atomic mass is 9.89. The van der Waals surface area contributed by atoms with Gasteiger partial charge in [0.2, 0.25) is 0 Å². The minimum absolute atomic E-state index is 0.186. The summed E-state index contributed by atoms with van der Waals surface area (Å²) in [6.45, 7) is 5.57. The lowest BCUT2D eigenvalue weighted by Gasteiger charge is -2.19. The molecule has 26 heavy (non-hydrogen) atoms. The van der Waals surface area contributed by atoms with E-state index in [1.165, 1.54) is 23.0 Å². The molecule has 0 bridgehead atoms. The van der Waals surface area contributed by atoms with Crippen LogP contribution in [0.5, 0.6) is 0 Å². The molecule has 0 saturated carbocycles. The highest BCUT2D eigenvalue weighted by molar-refractivity contribution is 7.99. The average Bonchev–Trinajstić information content (AvgIpc) is 3.11. The molecule has 2 aromatic rings. The molecule has 4 nitrogen and oxygen atoms in total. The van der Waals surface area contributed by atoms with Gasteiger partial charge in [-0.3, -0.25) is 4.79 Å². The topological polar surface area (TPSA) is 64.2 Å². The molecule has 0 unspecified atom stereocenters. The molecule has 0 fully saturated rings. The van der Waals surface area contributed by atoms with E-state index in [1.54, 1.807) is 11.3 Å². The number of aromatic amines is 1. The van der Waals surface area contributed by atoms with E-state index in [9.17, 15) is 10.1 Å². The van der Waals surface area contributed by atoms with Crippen LogP contribution in [0.2, 0.25) is 0 Å². The van der Waals surface area contributed by atoms with Gasteiger partial charge in [0.05, 0.1) is 0 Å². The van der Waals surface area contributed by atoms with E-state index in [2.05, 4.69) is 17.1 Å². The predicted octanol–water partition coefficient (Wildman–Crippen LogP) is 4.41. The molecule has 0 aromatic carbocycles. The summed E-state index contributed by atoms with van der Waals surface area (Å²) >= 11 is 3.01. The molecule has 0 atom stereocenters. The fraction of sp³-hybridized carbons (Fsp3) is 0.450. The molecular weight excluding hydrogens is 364 g/mol. The lowest BCUT2D eigenvalue weighted by molar-refractivity contribution is -0.439. The van der Waals surface area contributed by atoms with E-state index in [1.807, 2.05) is 32.2 Å². The Balaban J connectivity index is 1.97. The number of hydrogen-bond donors (Lipinski definition) is 0. The Morgan fingerprint density at radius 1 is 1.38 bits per heavy atom. The number of pyridine rings is 1. The quantitative estimate of drug-likeness (QED) is 0.576. The number of aromatic nitrogens is 1. The second-order valence-corrected chi connectivity index (χ2v) is 9.27. The van der Waals surface area contributed by atoms with Crippen LogP contribution < -0.4 is 4.98 Å². The number of carbonyl (C=O) groups excluding carboxylic acids is 1. The zero-order valence-electron chi connectivity index (χ0n) is 15.3. The molecule has 2 aromatic heterocycles. The molecule has 0 spiro atoms. The van der Waals surface area contributed by atoms with Crippen LogP contribution in [0.25, 0.3) is 10.4 Å². The van der Waals surface area contributed by atoms with Crippen LogP contribution in [0.3, 0.4) is 0 Å². The third-order valence-corrected chi connectivity index (χ3v) is 6.01. The smallest absolute Gasteiger partial charge is 0.317 e. The number of nitrogens with one attached hydrogen (secondary N) is 1. The zero-order valence-corrected chi connectivity index (χ0v) is 17.0. The van der Waals surface area contributed by atoms with Crippen molar-refractivity contribution in [3.05, 3.63) is 34.3 Å². The van der Waals surface area contributed by atoms with Gasteiger partial charge in [-0.15, -0.1) is 11.3 Å². The number of esters is 1. The monoisotopic (exact) mass is 387 g/mol. The summed E-state index contributed by atoms with van der Waals surface area (Å²) in [6.07, 6.45) is 4.27. The Kier molecular flexibility index (Phi) is 5.69. The summed E-state index contributed by atoms with van der Waals surface area (Å²) in [5, 5.41) is 12.7. The van der Waals surface area contributed by atoms with E-state index in [-0.39, 0.29) is 11.7 Å². The second kappa shape index (κ2) is 7.81. The highest BCUT2D eigenvalue weighted by Crippen LogP contribution is 2.38. The third-order valence-electron chi connectivity index (χ3n) is 4.14. The summed E-state index contributed by atoms with van der Waals surface area (Å²) in [6, 6.07) is 6.46. The number of carbonyl (C=O) groups is 1. The Bertz CT molecular complexity index is 846. The number of H-pyrrole nitrogens is 1. The number of hydrogen-bond acceptors (Lipinski definition) is 5. The van der Waals surface area contributed by atoms with Crippen LogP contribution in [0.1, 0.15) is 50.4 Å². The first-order chi connectivity index (χ1) is 12.4. The van der Waals surface area contributed by atoms with Crippen LogP contribution in [0.15, 0.2) is 22.5 Å². The molecule has 0 radical (unpaired) electrons. The number of ether oxygens (including phenoxy) is 1. The Labute approximate surface area is 162 Å². The summed E-state index contributed by atoms with van der Waals surface area (Å²) in [7, 11) is 0. The first-order valence-electron chi connectivity index (χ1n) is 8.78. The van der Waals surface area contributed by atoms with Gasteiger partial charge in [0.1, 0.15) is 23.0 Å². The van der Waals surface area contributed by atoms with Crippen LogP contribution in [-0.2, 0) is 22.4 Å². The molecule has 0 saturated heterocycles. The third kappa shape index (κ3) is 4.28. The fourth-order valence-electron chi connectivity index (χ4n) is 3.19. The van der Waals surface area contributed by atoms with Gasteiger partial charge in [-0.25, -0.2) is 4.98 Å². The molecule has 1 aliphatic carbocycles. The van der Waals surface area contributed by atoms with Gasteiger partial charge in [0.15, 0.2) is 5.69 Å². The van der Waals surface area contributed by atoms with Gasteiger partial charge in [0.25, 0.3) is 5.03 Å². The van der Waals surface area contributed by atoms with Crippen molar-refractivity contribution in [2.75, 3.05) is 5.75 Å². The minimum atomic E-state index is -0.503. The van der Waals surface area contributed by atoms with Gasteiger partial charge < -0.3 is 4.74 Å². The Morgan fingerprint density at radius 2 is 2.15 bits per heavy atom. The number of fused-ring (bicyclic) bond motifs is 1. The van der Waals surface area contributed by atoms with Crippen LogP contribution in [-0.4, -0.2) is 17.3 Å². The van der Waals surface area contributed by atoms with Gasteiger partial charge in [-0.2, -0.15) is 5.26 Å². The van der Waals surface area contributed by atoms with Gasteiger partial charge in [-0.05, 0) is 63.2 Å². The maximum Gasteiger partial charge on any atom is 0.317 e. The number of aryl methyl sites for hydroxylation is 1. The number of rotatable bonds is 4. The van der Waals surface area contributed by atoms with Crippen LogP contribution >= 0.6 is 23.1 Å². The molecule has 136 valence electrons. The highest BCUT2D eigenvalue weighted by atomic mass is 32.2. The van der Waals surface area contributed by atoms with Gasteiger partial charge >= 0.3 is 5.97 Å². The largest absolute Gasteiger partial charge is 0.459 e. The fourth-order valence-corrected chi connectivity index (χ4v) is 4.81. The molecule has 6 heteroatoms. The Morgan fingerprint density at radius 3 is 2.81 bits per heavy atom. The molecule has 0 amide bonds. The van der Waals surface area contributed by atoms with Crippen LogP contribution in [0, 0.1) is 11.3 Å². The molecular formula is C20H23N2O2S2+. The van der Waals surface area contributed by atoms with Crippen molar-refractivity contribution in [2.24, 2.45) is 0 Å². The van der Waals surface area contributed by atoms with Crippen molar-refractivity contribution in [2.45, 2.75) is 57.1 Å². The molecule has 3 rings (SSSR count). The molecule has 2 heterocycles. The van der Waals surface area contributed by atoms with Crippen LogP contribution in [0.4, 0.5) is 0 Å². The first kappa shape index (κ1) is 18.9. The summed E-state index contributed by atoms with van der Waals surface area (Å²) in [5.41, 5.74) is 3.64. The minimum Gasteiger partial charge on any atom is -0.459 e. The SMILES string of the molecule is CC(C)(C)OC(=O)CSc1[nH+]c2c(c(-c3cccs3)c1C#N)CCCC2. The first-order valence-corrected chi connectivity index (χ1v) is 10.6. The van der Waals surface area contributed by atoms with E-state index in [0.29, 0.717) is 5.56 Å². The summed E-state index contributed by atoms with van der Waals surface area (Å²) in [5.74, 6) is -0.0827. The van der Waals surface area contributed by atoms with Gasteiger partial charge in [-0.1, -0.05) is 6.07 Å². The average molecular weight is 388 g/mol. The van der Waals surface area contributed by atoms with Gasteiger partial charge in [0, 0.05) is 22.4 Å². The highest BCUT2D eigenvalue weighted by Gasteiger charge is 2.29. The molecule has 1 N–H and O–H groups in total. The maximum absolute atomic E-state index is 12.1. The lowest BCUT2D eigenvalue weighted by Crippen LogP contribution is -2.26.